The number of ether oxygens (including phenoxy) is 1. The molecule has 0 aliphatic heterocycles. The monoisotopic (exact) mass is 146 g/mol. The molecule has 0 radical (unpaired) electrons. The van der Waals surface area contributed by atoms with E-state index in [1.807, 2.05) is 13.8 Å². The van der Waals surface area contributed by atoms with Crippen molar-refractivity contribution in [1.82, 2.24) is 0 Å². The van der Waals surface area contributed by atoms with Gasteiger partial charge < -0.3 is 9.84 Å². The Morgan fingerprint density at radius 1 is 1.70 bits per heavy atom. The van der Waals surface area contributed by atoms with Crippen LogP contribution in [-0.2, 0) is 9.53 Å². The lowest BCUT2D eigenvalue weighted by Crippen LogP contribution is -2.28. The Kier molecular flexibility index (Phi) is 4.03. The Hall–Kier alpha value is -0.570. The van der Waals surface area contributed by atoms with E-state index in [9.17, 15) is 4.79 Å². The summed E-state index contributed by atoms with van der Waals surface area (Å²) in [6.07, 6.45) is -0.189. The Bertz CT molecular complexity index is 111. The average molecular weight is 146 g/mol. The molecule has 0 aliphatic rings. The van der Waals surface area contributed by atoms with E-state index < -0.39 is 12.1 Å². The second-order valence-corrected chi connectivity index (χ2v) is 2.35. The molecule has 0 aromatic carbocycles. The second-order valence-electron chi connectivity index (χ2n) is 2.35. The highest BCUT2D eigenvalue weighted by Gasteiger charge is 2.20. The van der Waals surface area contributed by atoms with E-state index in [0.717, 1.165) is 6.42 Å². The molecule has 0 bridgehead atoms. The van der Waals surface area contributed by atoms with Gasteiger partial charge in [-0.3, -0.25) is 0 Å². The van der Waals surface area contributed by atoms with Crippen molar-refractivity contribution in [2.75, 3.05) is 7.11 Å². The van der Waals surface area contributed by atoms with Crippen molar-refractivity contribution in [3.05, 3.63) is 0 Å². The van der Waals surface area contributed by atoms with Crippen LogP contribution < -0.4 is 0 Å². The van der Waals surface area contributed by atoms with E-state index in [-0.39, 0.29) is 5.92 Å². The number of hydrogen-bond donors (Lipinski definition) is 1. The van der Waals surface area contributed by atoms with Gasteiger partial charge >= 0.3 is 5.97 Å². The lowest BCUT2D eigenvalue weighted by atomic mass is 10.0. The number of carbonyl (C=O) groups excluding carboxylic acids is 1. The van der Waals surface area contributed by atoms with E-state index in [2.05, 4.69) is 4.74 Å². The molecule has 0 heterocycles. The zero-order valence-corrected chi connectivity index (χ0v) is 6.63. The number of aliphatic hydroxyl groups excluding tert-OH is 1. The maximum absolute atomic E-state index is 10.6. The topological polar surface area (TPSA) is 46.5 Å². The van der Waals surface area contributed by atoms with Crippen LogP contribution in [0.2, 0.25) is 0 Å². The smallest absolute Gasteiger partial charge is 0.334 e. The van der Waals surface area contributed by atoms with Crippen molar-refractivity contribution >= 4 is 5.97 Å². The summed E-state index contributed by atoms with van der Waals surface area (Å²) in [4.78, 5) is 10.6. The Morgan fingerprint density at radius 3 is 2.50 bits per heavy atom. The Balaban J connectivity index is 3.81. The van der Waals surface area contributed by atoms with Crippen LogP contribution in [0.5, 0.6) is 0 Å². The molecule has 0 saturated heterocycles. The van der Waals surface area contributed by atoms with Gasteiger partial charge in [0.15, 0.2) is 6.10 Å². The molecule has 3 nitrogen and oxygen atoms in total. The van der Waals surface area contributed by atoms with Crippen LogP contribution in [0.3, 0.4) is 0 Å². The minimum atomic E-state index is -0.963. The van der Waals surface area contributed by atoms with Crippen molar-refractivity contribution in [2.24, 2.45) is 5.92 Å². The normalized spacial score (nSPS) is 16.0. The SMILES string of the molecule is CC[C@H](C)C(O)C(=O)OC. The molecular formula is C7H14O3. The molecule has 1 unspecified atom stereocenters. The molecule has 3 heteroatoms. The van der Waals surface area contributed by atoms with Crippen LogP contribution in [-0.4, -0.2) is 24.3 Å². The Labute approximate surface area is 61.0 Å². The highest BCUT2D eigenvalue weighted by atomic mass is 16.5. The molecule has 0 spiro atoms. The van der Waals surface area contributed by atoms with Gasteiger partial charge in [0.05, 0.1) is 7.11 Å². The molecule has 0 amide bonds. The fraction of sp³-hybridized carbons (Fsp3) is 0.857. The summed E-state index contributed by atoms with van der Waals surface area (Å²) in [5.74, 6) is -0.568. The summed E-state index contributed by atoms with van der Waals surface area (Å²) in [6, 6.07) is 0. The van der Waals surface area contributed by atoms with Gasteiger partial charge in [-0.25, -0.2) is 4.79 Å². The second kappa shape index (κ2) is 4.28. The van der Waals surface area contributed by atoms with Crippen molar-refractivity contribution < 1.29 is 14.6 Å². The van der Waals surface area contributed by atoms with Gasteiger partial charge in [0.2, 0.25) is 0 Å². The van der Waals surface area contributed by atoms with Crippen molar-refractivity contribution in [3.8, 4) is 0 Å². The molecule has 0 fully saturated rings. The zero-order valence-electron chi connectivity index (χ0n) is 6.63. The summed E-state index contributed by atoms with van der Waals surface area (Å²) < 4.78 is 4.35. The molecule has 2 atom stereocenters. The molecule has 10 heavy (non-hydrogen) atoms. The highest BCUT2D eigenvalue weighted by Crippen LogP contribution is 2.07. The van der Waals surface area contributed by atoms with E-state index in [0.29, 0.717) is 0 Å². The molecular weight excluding hydrogens is 132 g/mol. The van der Waals surface area contributed by atoms with Crippen molar-refractivity contribution in [1.29, 1.82) is 0 Å². The largest absolute Gasteiger partial charge is 0.467 e. The Morgan fingerprint density at radius 2 is 2.20 bits per heavy atom. The first kappa shape index (κ1) is 9.43. The average Bonchev–Trinajstić information content (AvgIpc) is 2.00. The molecule has 0 aromatic rings. The van der Waals surface area contributed by atoms with E-state index >= 15 is 0 Å². The number of esters is 1. The van der Waals surface area contributed by atoms with Gasteiger partial charge in [0.1, 0.15) is 0 Å². The summed E-state index contributed by atoms with van der Waals surface area (Å²) in [7, 11) is 1.27. The molecule has 0 saturated carbocycles. The van der Waals surface area contributed by atoms with Gasteiger partial charge in [0, 0.05) is 0 Å². The minimum absolute atomic E-state index is 0.0209. The maximum Gasteiger partial charge on any atom is 0.334 e. The van der Waals surface area contributed by atoms with Crippen LogP contribution in [0.15, 0.2) is 0 Å². The van der Waals surface area contributed by atoms with Crippen molar-refractivity contribution in [3.63, 3.8) is 0 Å². The number of hydrogen-bond acceptors (Lipinski definition) is 3. The number of carbonyl (C=O) groups is 1. The molecule has 60 valence electrons. The van der Waals surface area contributed by atoms with Gasteiger partial charge in [-0.15, -0.1) is 0 Å². The number of methoxy groups -OCH3 is 1. The lowest BCUT2D eigenvalue weighted by Gasteiger charge is -2.13. The van der Waals surface area contributed by atoms with E-state index in [1.54, 1.807) is 0 Å². The van der Waals surface area contributed by atoms with Gasteiger partial charge in [-0.1, -0.05) is 20.3 Å². The van der Waals surface area contributed by atoms with E-state index in [1.165, 1.54) is 7.11 Å². The molecule has 1 N–H and O–H groups in total. The molecule has 0 aliphatic carbocycles. The van der Waals surface area contributed by atoms with Gasteiger partial charge in [-0.05, 0) is 5.92 Å². The predicted molar refractivity (Wildman–Crippen MR) is 37.5 cm³/mol. The highest BCUT2D eigenvalue weighted by molar-refractivity contribution is 5.74. The van der Waals surface area contributed by atoms with Crippen LogP contribution >= 0.6 is 0 Å². The number of aliphatic hydroxyl groups is 1. The molecule has 0 rings (SSSR count). The van der Waals surface area contributed by atoms with E-state index in [4.69, 9.17) is 5.11 Å². The first-order valence-corrected chi connectivity index (χ1v) is 3.39. The third-order valence-electron chi connectivity index (χ3n) is 1.63. The number of rotatable bonds is 3. The fourth-order valence-electron chi connectivity index (χ4n) is 0.576. The fourth-order valence-corrected chi connectivity index (χ4v) is 0.576. The summed E-state index contributed by atoms with van der Waals surface area (Å²) in [5.41, 5.74) is 0. The zero-order chi connectivity index (χ0) is 8.15. The van der Waals surface area contributed by atoms with Crippen LogP contribution in [0.4, 0.5) is 0 Å². The third-order valence-corrected chi connectivity index (χ3v) is 1.63. The van der Waals surface area contributed by atoms with Crippen molar-refractivity contribution in [2.45, 2.75) is 26.4 Å². The summed E-state index contributed by atoms with van der Waals surface area (Å²) in [6.45, 7) is 3.72. The lowest BCUT2D eigenvalue weighted by molar-refractivity contribution is -0.153. The minimum Gasteiger partial charge on any atom is -0.467 e. The quantitative estimate of drug-likeness (QED) is 0.592. The first-order chi connectivity index (χ1) is 4.63. The summed E-state index contributed by atoms with van der Waals surface area (Å²) in [5, 5.41) is 9.11. The predicted octanol–water partition coefficient (Wildman–Crippen LogP) is 0.566. The van der Waals surface area contributed by atoms with Crippen LogP contribution in [0.1, 0.15) is 20.3 Å². The first-order valence-electron chi connectivity index (χ1n) is 3.39. The van der Waals surface area contributed by atoms with Crippen LogP contribution in [0.25, 0.3) is 0 Å². The van der Waals surface area contributed by atoms with Gasteiger partial charge in [-0.2, -0.15) is 0 Å². The maximum atomic E-state index is 10.6. The van der Waals surface area contributed by atoms with Gasteiger partial charge in [0.25, 0.3) is 0 Å². The molecule has 0 aromatic heterocycles. The summed E-state index contributed by atoms with van der Waals surface area (Å²) >= 11 is 0. The third kappa shape index (κ3) is 2.35. The standard InChI is InChI=1S/C7H14O3/c1-4-5(2)6(8)7(9)10-3/h5-6,8H,4H2,1-3H3/t5-,6?/m0/s1. The van der Waals surface area contributed by atoms with Crippen LogP contribution in [0, 0.1) is 5.92 Å².